The summed E-state index contributed by atoms with van der Waals surface area (Å²) in [5, 5.41) is 0.530. The number of fused-ring (bicyclic) bond motifs is 1. The minimum Gasteiger partial charge on any atom is -0.497 e. The topological polar surface area (TPSA) is 81.5 Å². The Hall–Kier alpha value is -2.78. The van der Waals surface area contributed by atoms with Crippen molar-refractivity contribution in [3.05, 3.63) is 70.5 Å². The highest BCUT2D eigenvalue weighted by atomic mass is 32.2. The minimum absolute atomic E-state index is 0.112. The van der Waals surface area contributed by atoms with Gasteiger partial charge in [-0.05, 0) is 48.6 Å². The molecule has 1 fully saturated rings. The second-order valence-electron chi connectivity index (χ2n) is 7.81. The van der Waals surface area contributed by atoms with Crippen LogP contribution >= 0.6 is 0 Å². The van der Waals surface area contributed by atoms with Crippen LogP contribution in [0.5, 0.6) is 5.75 Å². The molecule has 0 atom stereocenters. The summed E-state index contributed by atoms with van der Waals surface area (Å²) in [6, 6.07) is 10.7. The van der Waals surface area contributed by atoms with E-state index in [0.717, 1.165) is 0 Å². The molecule has 9 heteroatoms. The maximum absolute atomic E-state index is 13.1. The number of hydrogen-bond acceptors (Lipinski definition) is 5. The van der Waals surface area contributed by atoms with Crippen molar-refractivity contribution in [2.75, 3.05) is 20.2 Å². The van der Waals surface area contributed by atoms with Crippen LogP contribution in [0.3, 0.4) is 0 Å². The number of piperidine rings is 1. The zero-order valence-electron chi connectivity index (χ0n) is 17.2. The van der Waals surface area contributed by atoms with Crippen LogP contribution < -0.4 is 10.3 Å². The summed E-state index contributed by atoms with van der Waals surface area (Å²) in [6.45, 7) is 1.31. The van der Waals surface area contributed by atoms with Crippen LogP contribution in [-0.4, -0.2) is 42.5 Å². The summed E-state index contributed by atoms with van der Waals surface area (Å²) >= 11 is 0. The lowest BCUT2D eigenvalue weighted by molar-refractivity contribution is 0.251. The Bertz CT molecular complexity index is 1230. The van der Waals surface area contributed by atoms with Crippen LogP contribution in [0.4, 0.5) is 4.39 Å². The number of hydrogen-bond donors (Lipinski definition) is 0. The Morgan fingerprint density at radius 3 is 2.52 bits per heavy atom. The van der Waals surface area contributed by atoms with Gasteiger partial charge in [-0.2, -0.15) is 0 Å². The molecule has 0 bridgehead atoms. The third-order valence-corrected chi connectivity index (χ3v) is 7.57. The van der Waals surface area contributed by atoms with Gasteiger partial charge in [0, 0.05) is 25.7 Å². The van der Waals surface area contributed by atoms with Gasteiger partial charge in [0.2, 0.25) is 10.0 Å². The molecule has 1 saturated heterocycles. The number of aromatic nitrogens is 2. The highest BCUT2D eigenvalue weighted by Gasteiger charge is 2.28. The number of methoxy groups -OCH3 is 1. The lowest BCUT2D eigenvalue weighted by Gasteiger charge is -2.31. The third-order valence-electron chi connectivity index (χ3n) is 5.72. The van der Waals surface area contributed by atoms with E-state index in [4.69, 9.17) is 4.74 Å². The van der Waals surface area contributed by atoms with Gasteiger partial charge in [0.1, 0.15) is 11.6 Å². The highest BCUT2D eigenvalue weighted by molar-refractivity contribution is 7.88. The van der Waals surface area contributed by atoms with Crippen molar-refractivity contribution in [3.8, 4) is 5.75 Å². The van der Waals surface area contributed by atoms with Crippen LogP contribution in [0.2, 0.25) is 0 Å². The Labute approximate surface area is 180 Å². The summed E-state index contributed by atoms with van der Waals surface area (Å²) in [4.78, 5) is 17.2. The molecule has 7 nitrogen and oxygen atoms in total. The maximum atomic E-state index is 13.1. The number of nitrogens with zero attached hydrogens (tertiary/aromatic N) is 3. The van der Waals surface area contributed by atoms with Crippen molar-refractivity contribution >= 4 is 20.9 Å². The zero-order valence-corrected chi connectivity index (χ0v) is 18.0. The average molecular weight is 446 g/mol. The van der Waals surface area contributed by atoms with E-state index < -0.39 is 10.0 Å². The van der Waals surface area contributed by atoms with Crippen molar-refractivity contribution in [1.29, 1.82) is 0 Å². The lowest BCUT2D eigenvalue weighted by Crippen LogP contribution is -2.40. The van der Waals surface area contributed by atoms with Gasteiger partial charge in [-0.3, -0.25) is 9.36 Å². The predicted molar refractivity (Wildman–Crippen MR) is 116 cm³/mol. The highest BCUT2D eigenvalue weighted by Crippen LogP contribution is 2.23. The summed E-state index contributed by atoms with van der Waals surface area (Å²) in [5.74, 6) is 0.300. The van der Waals surface area contributed by atoms with Gasteiger partial charge < -0.3 is 4.74 Å². The fourth-order valence-electron chi connectivity index (χ4n) is 3.93. The van der Waals surface area contributed by atoms with Crippen molar-refractivity contribution in [2.24, 2.45) is 5.92 Å². The molecule has 1 aliphatic rings. The fourth-order valence-corrected chi connectivity index (χ4v) is 5.49. The lowest BCUT2D eigenvalue weighted by atomic mass is 9.98. The maximum Gasteiger partial charge on any atom is 0.261 e. The van der Waals surface area contributed by atoms with Gasteiger partial charge in [-0.15, -0.1) is 0 Å². The van der Waals surface area contributed by atoms with Crippen LogP contribution in [0.25, 0.3) is 10.9 Å². The van der Waals surface area contributed by atoms with Crippen molar-refractivity contribution in [1.82, 2.24) is 13.9 Å². The van der Waals surface area contributed by atoms with E-state index in [1.807, 2.05) is 0 Å². The van der Waals surface area contributed by atoms with Gasteiger partial charge in [-0.1, -0.05) is 12.1 Å². The van der Waals surface area contributed by atoms with E-state index in [0.29, 0.717) is 54.7 Å². The monoisotopic (exact) mass is 445 g/mol. The summed E-state index contributed by atoms with van der Waals surface area (Å²) in [5.41, 5.74) is 1.04. The number of sulfonamides is 1. The molecule has 31 heavy (non-hydrogen) atoms. The smallest absolute Gasteiger partial charge is 0.261 e. The molecule has 2 aromatic carbocycles. The van der Waals surface area contributed by atoms with E-state index >= 15 is 0 Å². The molecule has 4 rings (SSSR count). The normalized spacial score (nSPS) is 15.9. The van der Waals surface area contributed by atoms with E-state index in [1.54, 1.807) is 36.2 Å². The summed E-state index contributed by atoms with van der Waals surface area (Å²) in [6.07, 6.45) is 2.87. The molecule has 0 amide bonds. The molecular weight excluding hydrogens is 421 g/mol. The fraction of sp³-hybridized carbons (Fsp3) is 0.364. The van der Waals surface area contributed by atoms with Crippen molar-refractivity contribution < 1.29 is 17.5 Å². The van der Waals surface area contributed by atoms with Crippen molar-refractivity contribution in [3.63, 3.8) is 0 Å². The third kappa shape index (κ3) is 4.77. The van der Waals surface area contributed by atoms with E-state index in [-0.39, 0.29) is 23.0 Å². The first-order chi connectivity index (χ1) is 14.9. The van der Waals surface area contributed by atoms with Gasteiger partial charge in [-0.25, -0.2) is 22.1 Å². The molecule has 3 aromatic rings. The van der Waals surface area contributed by atoms with E-state index in [9.17, 15) is 17.6 Å². The average Bonchev–Trinajstić information content (AvgIpc) is 2.77. The molecule has 0 aliphatic carbocycles. The molecule has 0 saturated carbocycles. The Kier molecular flexibility index (Phi) is 6.06. The molecule has 1 aliphatic heterocycles. The van der Waals surface area contributed by atoms with Crippen LogP contribution in [0, 0.1) is 11.7 Å². The molecule has 0 radical (unpaired) electrons. The number of ether oxygens (including phenoxy) is 1. The molecule has 164 valence electrons. The Balaban J connectivity index is 1.40. The first-order valence-electron chi connectivity index (χ1n) is 10.1. The van der Waals surface area contributed by atoms with Gasteiger partial charge >= 0.3 is 0 Å². The SMILES string of the molecule is COc1ccc2c(=O)n(CC3CCN(S(=O)(=O)Cc4ccc(F)cc4)CC3)cnc2c1. The number of halogens is 1. The molecule has 0 unspecified atom stereocenters. The largest absolute Gasteiger partial charge is 0.497 e. The Morgan fingerprint density at radius 1 is 1.13 bits per heavy atom. The van der Waals surface area contributed by atoms with Crippen LogP contribution in [0.15, 0.2) is 53.6 Å². The number of rotatable bonds is 6. The summed E-state index contributed by atoms with van der Waals surface area (Å²) < 4.78 is 46.7. The van der Waals surface area contributed by atoms with E-state index in [2.05, 4.69) is 4.98 Å². The second kappa shape index (κ2) is 8.76. The quantitative estimate of drug-likeness (QED) is 0.583. The number of benzene rings is 2. The Morgan fingerprint density at radius 2 is 1.84 bits per heavy atom. The zero-order chi connectivity index (χ0) is 22.0. The van der Waals surface area contributed by atoms with Crippen LogP contribution in [0.1, 0.15) is 18.4 Å². The van der Waals surface area contributed by atoms with Gasteiger partial charge in [0.25, 0.3) is 5.56 Å². The van der Waals surface area contributed by atoms with Crippen LogP contribution in [-0.2, 0) is 22.3 Å². The van der Waals surface area contributed by atoms with E-state index in [1.165, 1.54) is 28.6 Å². The first kappa shape index (κ1) is 21.5. The minimum atomic E-state index is -3.47. The summed E-state index contributed by atoms with van der Waals surface area (Å²) in [7, 11) is -1.91. The standard InChI is InChI=1S/C22H24FN3O4S/c1-30-19-6-7-20-21(12-19)24-15-25(22(20)27)13-16-8-10-26(11-9-16)31(28,29)14-17-2-4-18(23)5-3-17/h2-7,12,15-16H,8-11,13-14H2,1H3. The molecule has 1 aromatic heterocycles. The van der Waals surface area contributed by atoms with Gasteiger partial charge in [0.05, 0.1) is 30.1 Å². The molecular formula is C22H24FN3O4S. The molecule has 2 heterocycles. The molecule has 0 N–H and O–H groups in total. The van der Waals surface area contributed by atoms with Gasteiger partial charge in [0.15, 0.2) is 0 Å². The molecule has 0 spiro atoms. The first-order valence-corrected chi connectivity index (χ1v) is 11.7. The van der Waals surface area contributed by atoms with Crippen molar-refractivity contribution in [2.45, 2.75) is 25.1 Å². The second-order valence-corrected chi connectivity index (χ2v) is 9.78. The predicted octanol–water partition coefficient (Wildman–Crippen LogP) is 2.79.